The number of aryl methyl sites for hydroxylation is 1. The minimum absolute atomic E-state index is 0.151. The van der Waals surface area contributed by atoms with Gasteiger partial charge in [0.15, 0.2) is 0 Å². The number of hydrogen-bond acceptors (Lipinski definition) is 6. The van der Waals surface area contributed by atoms with Crippen molar-refractivity contribution in [3.63, 3.8) is 0 Å². The highest BCUT2D eigenvalue weighted by Crippen LogP contribution is 2.31. The molecule has 6 nitrogen and oxygen atoms in total. The Bertz CT molecular complexity index is 1090. The predicted molar refractivity (Wildman–Crippen MR) is 103 cm³/mol. The first-order chi connectivity index (χ1) is 13.7. The molecule has 29 heavy (non-hydrogen) atoms. The van der Waals surface area contributed by atoms with Crippen LogP contribution >= 0.6 is 11.3 Å². The summed E-state index contributed by atoms with van der Waals surface area (Å²) in [5.41, 5.74) is -0.0195. The van der Waals surface area contributed by atoms with Gasteiger partial charge in [0.1, 0.15) is 15.4 Å². The Kier molecular flexibility index (Phi) is 7.47. The molecule has 12 heteroatoms. The van der Waals surface area contributed by atoms with Crippen LogP contribution in [-0.2, 0) is 16.4 Å². The van der Waals surface area contributed by atoms with Crippen molar-refractivity contribution in [3.05, 3.63) is 40.7 Å². The number of nitrogens with one attached hydrogen (secondary N) is 1. The Hall–Kier alpha value is -2.34. The maximum absolute atomic E-state index is 12.7. The number of halogens is 4. The molecule has 0 radical (unpaired) electrons. The average Bonchev–Trinajstić information content (AvgIpc) is 3.09. The zero-order valence-corrected chi connectivity index (χ0v) is 17.3. The zero-order valence-electron chi connectivity index (χ0n) is 15.7. The Morgan fingerprint density at radius 1 is 1.14 bits per heavy atom. The molecular weight excluding hydrogens is 432 g/mol. The summed E-state index contributed by atoms with van der Waals surface area (Å²) in [6.45, 7) is 5.47. The summed E-state index contributed by atoms with van der Waals surface area (Å²) < 4.78 is 77.7. The molecule has 0 saturated carbocycles. The first-order valence-corrected chi connectivity index (χ1v) is 10.8. The summed E-state index contributed by atoms with van der Waals surface area (Å²) in [6, 6.07) is 2.31. The lowest BCUT2D eigenvalue weighted by atomic mass is 10.2. The fraction of sp³-hybridized carbons (Fsp3) is 0.353. The highest BCUT2D eigenvalue weighted by Gasteiger charge is 2.22. The monoisotopic (exact) mass is 450 g/mol. The van der Waals surface area contributed by atoms with Crippen molar-refractivity contribution < 1.29 is 26.0 Å². The van der Waals surface area contributed by atoms with Gasteiger partial charge in [-0.2, -0.15) is 0 Å². The van der Waals surface area contributed by atoms with Crippen molar-refractivity contribution >= 4 is 37.5 Å². The van der Waals surface area contributed by atoms with Crippen LogP contribution in [0.5, 0.6) is 0 Å². The number of anilines is 1. The van der Waals surface area contributed by atoms with E-state index in [4.69, 9.17) is 0 Å². The molecule has 0 aliphatic heterocycles. The molecule has 0 unspecified atom stereocenters. The van der Waals surface area contributed by atoms with Crippen LogP contribution in [0, 0.1) is 6.92 Å². The van der Waals surface area contributed by atoms with Gasteiger partial charge in [-0.1, -0.05) is 13.8 Å². The molecule has 158 valence electrons. The minimum atomic E-state index is -4.12. The Morgan fingerprint density at radius 3 is 2.41 bits per heavy atom. The number of pyridine rings is 1. The van der Waals surface area contributed by atoms with Crippen molar-refractivity contribution in [2.45, 2.75) is 44.9 Å². The average molecular weight is 450 g/mol. The summed E-state index contributed by atoms with van der Waals surface area (Å²) in [6.07, 6.45) is -4.74. The molecule has 0 aliphatic rings. The number of fused-ring (bicyclic) bond motifs is 1. The normalized spacial score (nSPS) is 11.6. The standard InChI is InChI=1S/C15H12F4N4O2S2.C2H6/c1-7-8(4-12(16)17)5-20-15(21-7)23-27(24,25)11-6-26-14-9(11)2-3-10(22-14)13(18)19;1-2/h2-3,5-6,12-13H,4H2,1H3,(H,20,21,23);1-2H3. The molecule has 0 fully saturated rings. The van der Waals surface area contributed by atoms with Gasteiger partial charge in [0.2, 0.25) is 12.4 Å². The third kappa shape index (κ3) is 5.38. The largest absolute Gasteiger partial charge is 0.280 e. The maximum atomic E-state index is 12.7. The first-order valence-electron chi connectivity index (χ1n) is 8.47. The van der Waals surface area contributed by atoms with Gasteiger partial charge in [0, 0.05) is 29.1 Å². The number of nitrogens with zero attached hydrogens (tertiary/aromatic N) is 3. The molecule has 3 rings (SSSR count). The topological polar surface area (TPSA) is 84.8 Å². The summed E-state index contributed by atoms with van der Waals surface area (Å²) in [5, 5.41) is 1.45. The van der Waals surface area contributed by atoms with E-state index in [9.17, 15) is 26.0 Å². The molecule has 0 aromatic carbocycles. The van der Waals surface area contributed by atoms with E-state index in [1.54, 1.807) is 0 Å². The van der Waals surface area contributed by atoms with Gasteiger partial charge in [-0.3, -0.25) is 0 Å². The van der Waals surface area contributed by atoms with Crippen molar-refractivity contribution in [2.75, 3.05) is 4.72 Å². The van der Waals surface area contributed by atoms with Gasteiger partial charge < -0.3 is 0 Å². The molecule has 0 bridgehead atoms. The van der Waals surface area contributed by atoms with Crippen molar-refractivity contribution in [1.29, 1.82) is 0 Å². The van der Waals surface area contributed by atoms with Crippen LogP contribution in [0.25, 0.3) is 10.2 Å². The molecule has 0 saturated heterocycles. The van der Waals surface area contributed by atoms with Crippen LogP contribution in [0.15, 0.2) is 28.6 Å². The third-order valence-corrected chi connectivity index (χ3v) is 6.02. The molecule has 3 aromatic heterocycles. The fourth-order valence-electron chi connectivity index (χ4n) is 2.32. The molecule has 1 N–H and O–H groups in total. The Balaban J connectivity index is 0.00000145. The van der Waals surface area contributed by atoms with Gasteiger partial charge in [-0.15, -0.1) is 11.3 Å². The molecule has 0 amide bonds. The number of thiophene rings is 1. The quantitative estimate of drug-likeness (QED) is 0.536. The Morgan fingerprint density at radius 2 is 1.83 bits per heavy atom. The molecule has 0 spiro atoms. The SMILES string of the molecule is CC.Cc1nc(NS(=O)(=O)c2csc3nc(C(F)F)ccc23)ncc1CC(F)F. The summed E-state index contributed by atoms with van der Waals surface area (Å²) in [4.78, 5) is 11.4. The number of alkyl halides is 4. The smallest absolute Gasteiger partial charge is 0.247 e. The van der Waals surface area contributed by atoms with E-state index in [1.807, 2.05) is 13.8 Å². The van der Waals surface area contributed by atoms with Gasteiger partial charge in [0.05, 0.1) is 0 Å². The fourth-order valence-corrected chi connectivity index (χ4v) is 4.74. The van der Waals surface area contributed by atoms with Gasteiger partial charge in [0.25, 0.3) is 16.4 Å². The van der Waals surface area contributed by atoms with E-state index < -0.39 is 35.0 Å². The van der Waals surface area contributed by atoms with E-state index in [0.717, 1.165) is 23.6 Å². The van der Waals surface area contributed by atoms with E-state index in [-0.39, 0.29) is 32.3 Å². The molecule has 0 atom stereocenters. The number of hydrogen-bond donors (Lipinski definition) is 1. The third-order valence-electron chi connectivity index (χ3n) is 3.62. The first kappa shape index (κ1) is 22.9. The minimum Gasteiger partial charge on any atom is -0.247 e. The molecule has 3 heterocycles. The lowest BCUT2D eigenvalue weighted by Crippen LogP contribution is -2.15. The van der Waals surface area contributed by atoms with E-state index >= 15 is 0 Å². The van der Waals surface area contributed by atoms with E-state index in [1.165, 1.54) is 18.4 Å². The van der Waals surface area contributed by atoms with Crippen molar-refractivity contribution in [1.82, 2.24) is 15.0 Å². The van der Waals surface area contributed by atoms with Crippen LogP contribution in [0.3, 0.4) is 0 Å². The van der Waals surface area contributed by atoms with Crippen LogP contribution in [-0.4, -0.2) is 29.8 Å². The number of aromatic nitrogens is 3. The van der Waals surface area contributed by atoms with Crippen LogP contribution < -0.4 is 4.72 Å². The van der Waals surface area contributed by atoms with Crippen LogP contribution in [0.1, 0.15) is 37.2 Å². The van der Waals surface area contributed by atoms with Gasteiger partial charge >= 0.3 is 0 Å². The second-order valence-corrected chi connectivity index (χ2v) is 8.00. The van der Waals surface area contributed by atoms with Crippen molar-refractivity contribution in [3.8, 4) is 0 Å². The van der Waals surface area contributed by atoms with Crippen molar-refractivity contribution in [2.24, 2.45) is 0 Å². The van der Waals surface area contributed by atoms with E-state index in [0.29, 0.717) is 0 Å². The summed E-state index contributed by atoms with van der Waals surface area (Å²) >= 11 is 0.908. The second kappa shape index (κ2) is 9.44. The van der Waals surface area contributed by atoms with Gasteiger partial charge in [-0.25, -0.2) is 45.7 Å². The maximum Gasteiger partial charge on any atom is 0.280 e. The molecule has 0 aliphatic carbocycles. The number of sulfonamides is 1. The Labute approximate surface area is 169 Å². The van der Waals surface area contributed by atoms with Crippen LogP contribution in [0.2, 0.25) is 0 Å². The highest BCUT2D eigenvalue weighted by atomic mass is 32.2. The lowest BCUT2D eigenvalue weighted by molar-refractivity contribution is 0.146. The van der Waals surface area contributed by atoms with Crippen LogP contribution in [0.4, 0.5) is 23.5 Å². The molecular formula is C17H18F4N4O2S2. The summed E-state index contributed by atoms with van der Waals surface area (Å²) in [5.74, 6) is -0.276. The van der Waals surface area contributed by atoms with E-state index in [2.05, 4.69) is 19.7 Å². The lowest BCUT2D eigenvalue weighted by Gasteiger charge is -2.09. The summed E-state index contributed by atoms with van der Waals surface area (Å²) in [7, 11) is -4.12. The molecule has 3 aromatic rings. The predicted octanol–water partition coefficient (Wildman–Crippen LogP) is 4.97. The van der Waals surface area contributed by atoms with Gasteiger partial charge in [-0.05, 0) is 24.6 Å². The highest BCUT2D eigenvalue weighted by molar-refractivity contribution is 7.93. The second-order valence-electron chi connectivity index (χ2n) is 5.49. The zero-order chi connectivity index (χ0) is 21.8. The number of rotatable bonds is 6.